The Morgan fingerprint density at radius 3 is 2.22 bits per heavy atom. The molecule has 0 aromatic heterocycles. The highest BCUT2D eigenvalue weighted by Crippen LogP contribution is 2.29. The Kier molecular flexibility index (Phi) is 6.14. The molecule has 130 valence electrons. The van der Waals surface area contributed by atoms with E-state index in [1.54, 1.807) is 0 Å². The molecule has 23 heavy (non-hydrogen) atoms. The molecular weight excluding hydrogens is 337 g/mol. The van der Waals surface area contributed by atoms with Gasteiger partial charge in [-0.05, 0) is 17.7 Å². The molecule has 1 aromatic carbocycles. The molecule has 10 heteroatoms. The maximum Gasteiger partial charge on any atom is 0.416 e. The van der Waals surface area contributed by atoms with E-state index in [1.165, 1.54) is 14.1 Å². The Morgan fingerprint density at radius 2 is 1.78 bits per heavy atom. The normalized spacial score (nSPS) is 13.9. The van der Waals surface area contributed by atoms with Gasteiger partial charge in [0.05, 0.1) is 11.3 Å². The van der Waals surface area contributed by atoms with Crippen molar-refractivity contribution in [1.82, 2.24) is 9.62 Å². The summed E-state index contributed by atoms with van der Waals surface area (Å²) in [6, 6.07) is 3.48. The summed E-state index contributed by atoms with van der Waals surface area (Å²) >= 11 is 0. The molecule has 0 aliphatic carbocycles. The first-order valence-corrected chi connectivity index (χ1v) is 8.09. The topological polar surface area (TPSA) is 86.7 Å². The van der Waals surface area contributed by atoms with Crippen LogP contribution in [0.5, 0.6) is 0 Å². The fourth-order valence-electron chi connectivity index (χ4n) is 1.59. The SMILES string of the molecule is CN(C)S(=O)(=O)CCNC(=O)[C@H](O)c1ccc(C(F)(F)F)cc1. The Bertz CT molecular complexity index is 642. The van der Waals surface area contributed by atoms with Crippen molar-refractivity contribution in [2.45, 2.75) is 12.3 Å². The van der Waals surface area contributed by atoms with Crippen LogP contribution >= 0.6 is 0 Å². The molecule has 1 atom stereocenters. The molecule has 0 unspecified atom stereocenters. The average molecular weight is 354 g/mol. The van der Waals surface area contributed by atoms with Gasteiger partial charge < -0.3 is 10.4 Å². The minimum atomic E-state index is -4.51. The molecule has 1 rings (SSSR count). The summed E-state index contributed by atoms with van der Waals surface area (Å²) in [4.78, 5) is 11.7. The number of benzene rings is 1. The molecule has 0 radical (unpaired) electrons. The number of aliphatic hydroxyl groups is 1. The van der Waals surface area contributed by atoms with Gasteiger partial charge in [0.15, 0.2) is 6.10 Å². The van der Waals surface area contributed by atoms with E-state index >= 15 is 0 Å². The predicted molar refractivity (Wildman–Crippen MR) is 76.9 cm³/mol. The van der Waals surface area contributed by atoms with Crippen LogP contribution in [-0.2, 0) is 21.0 Å². The minimum absolute atomic E-state index is 0.0223. The van der Waals surface area contributed by atoms with Crippen LogP contribution in [0.2, 0.25) is 0 Å². The molecular formula is C13H17F3N2O4S. The van der Waals surface area contributed by atoms with Crippen LogP contribution in [0.4, 0.5) is 13.2 Å². The van der Waals surface area contributed by atoms with Gasteiger partial charge >= 0.3 is 6.18 Å². The third kappa shape index (κ3) is 5.48. The van der Waals surface area contributed by atoms with Crippen molar-refractivity contribution < 1.29 is 31.5 Å². The van der Waals surface area contributed by atoms with Gasteiger partial charge in [-0.25, -0.2) is 12.7 Å². The summed E-state index contributed by atoms with van der Waals surface area (Å²) in [6.45, 7) is -0.225. The average Bonchev–Trinajstić information content (AvgIpc) is 2.45. The highest BCUT2D eigenvalue weighted by molar-refractivity contribution is 7.89. The van der Waals surface area contributed by atoms with E-state index < -0.39 is 33.8 Å². The van der Waals surface area contributed by atoms with E-state index in [0.29, 0.717) is 0 Å². The molecule has 0 fully saturated rings. The van der Waals surface area contributed by atoms with Crippen molar-refractivity contribution in [3.63, 3.8) is 0 Å². The van der Waals surface area contributed by atoms with Gasteiger partial charge in [-0.1, -0.05) is 12.1 Å². The number of rotatable bonds is 6. The van der Waals surface area contributed by atoms with Gasteiger partial charge in [-0.15, -0.1) is 0 Å². The molecule has 0 heterocycles. The standard InChI is InChI=1S/C13H17F3N2O4S/c1-18(2)23(21,22)8-7-17-12(20)11(19)9-3-5-10(6-4-9)13(14,15)16/h3-6,11,19H,7-8H2,1-2H3,(H,17,20)/t11-/m1/s1. The predicted octanol–water partition coefficient (Wildman–Crippen LogP) is 0.746. The van der Waals surface area contributed by atoms with Crippen LogP contribution < -0.4 is 5.32 Å². The number of hydrogen-bond acceptors (Lipinski definition) is 4. The first-order valence-electron chi connectivity index (χ1n) is 6.48. The lowest BCUT2D eigenvalue weighted by Crippen LogP contribution is -2.36. The number of amides is 1. The molecule has 0 spiro atoms. The molecule has 1 aromatic rings. The van der Waals surface area contributed by atoms with E-state index in [-0.39, 0.29) is 17.9 Å². The molecule has 0 saturated carbocycles. The smallest absolute Gasteiger partial charge is 0.378 e. The molecule has 0 bridgehead atoms. The summed E-state index contributed by atoms with van der Waals surface area (Å²) in [7, 11) is -0.811. The maximum atomic E-state index is 12.4. The van der Waals surface area contributed by atoms with E-state index in [0.717, 1.165) is 28.6 Å². The fourth-order valence-corrected chi connectivity index (χ4v) is 2.31. The lowest BCUT2D eigenvalue weighted by atomic mass is 10.1. The Morgan fingerprint density at radius 1 is 1.26 bits per heavy atom. The van der Waals surface area contributed by atoms with Gasteiger partial charge in [0.1, 0.15) is 0 Å². The van der Waals surface area contributed by atoms with Gasteiger partial charge in [0.2, 0.25) is 10.0 Å². The van der Waals surface area contributed by atoms with Crippen LogP contribution in [0.25, 0.3) is 0 Å². The fraction of sp³-hybridized carbons (Fsp3) is 0.462. The summed E-state index contributed by atoms with van der Waals surface area (Å²) in [6.07, 6.45) is -6.19. The molecule has 0 aliphatic rings. The van der Waals surface area contributed by atoms with Crippen LogP contribution in [-0.4, -0.2) is 50.1 Å². The largest absolute Gasteiger partial charge is 0.416 e. The maximum absolute atomic E-state index is 12.4. The van der Waals surface area contributed by atoms with Crippen LogP contribution in [0.1, 0.15) is 17.2 Å². The van der Waals surface area contributed by atoms with Gasteiger partial charge in [-0.3, -0.25) is 4.79 Å². The van der Waals surface area contributed by atoms with Crippen LogP contribution in [0.15, 0.2) is 24.3 Å². The lowest BCUT2D eigenvalue weighted by Gasteiger charge is -2.14. The zero-order valence-corrected chi connectivity index (χ0v) is 13.3. The third-order valence-corrected chi connectivity index (χ3v) is 4.85. The number of sulfonamides is 1. The summed E-state index contributed by atoms with van der Waals surface area (Å²) in [5, 5.41) is 12.0. The number of carbonyl (C=O) groups excluding carboxylic acids is 1. The van der Waals surface area contributed by atoms with Gasteiger partial charge in [-0.2, -0.15) is 13.2 Å². The summed E-state index contributed by atoms with van der Waals surface area (Å²) in [5.74, 6) is -1.25. The van der Waals surface area contributed by atoms with E-state index in [9.17, 15) is 31.5 Å². The lowest BCUT2D eigenvalue weighted by molar-refractivity contribution is -0.137. The molecule has 6 nitrogen and oxygen atoms in total. The number of alkyl halides is 3. The first-order chi connectivity index (χ1) is 10.4. The van der Waals surface area contributed by atoms with Crippen molar-refractivity contribution in [1.29, 1.82) is 0 Å². The van der Waals surface area contributed by atoms with E-state index in [4.69, 9.17) is 0 Å². The third-order valence-electron chi connectivity index (χ3n) is 3.02. The van der Waals surface area contributed by atoms with E-state index in [2.05, 4.69) is 5.32 Å². The van der Waals surface area contributed by atoms with Crippen molar-refractivity contribution in [3.05, 3.63) is 35.4 Å². The van der Waals surface area contributed by atoms with Gasteiger partial charge in [0.25, 0.3) is 5.91 Å². The molecule has 0 saturated heterocycles. The Labute approximate surface area is 132 Å². The first kappa shape index (κ1) is 19.4. The van der Waals surface area contributed by atoms with Crippen molar-refractivity contribution in [2.75, 3.05) is 26.4 Å². The number of aliphatic hydroxyl groups excluding tert-OH is 1. The number of halogens is 3. The minimum Gasteiger partial charge on any atom is -0.378 e. The second-order valence-corrected chi connectivity index (χ2v) is 7.21. The number of carbonyl (C=O) groups is 1. The van der Waals surface area contributed by atoms with Gasteiger partial charge in [0, 0.05) is 20.6 Å². The second kappa shape index (κ2) is 7.28. The number of nitrogens with zero attached hydrogens (tertiary/aromatic N) is 1. The highest BCUT2D eigenvalue weighted by Gasteiger charge is 2.30. The van der Waals surface area contributed by atoms with Crippen molar-refractivity contribution in [2.24, 2.45) is 0 Å². The van der Waals surface area contributed by atoms with Crippen LogP contribution in [0.3, 0.4) is 0 Å². The number of nitrogens with one attached hydrogen (secondary N) is 1. The van der Waals surface area contributed by atoms with Crippen molar-refractivity contribution >= 4 is 15.9 Å². The van der Waals surface area contributed by atoms with Crippen LogP contribution in [0, 0.1) is 0 Å². The molecule has 2 N–H and O–H groups in total. The zero-order chi connectivity index (χ0) is 17.8. The Balaban J connectivity index is 2.64. The quantitative estimate of drug-likeness (QED) is 0.789. The molecule has 1 amide bonds. The summed E-state index contributed by atoms with van der Waals surface area (Å²) < 4.78 is 61.2. The molecule has 0 aliphatic heterocycles. The zero-order valence-electron chi connectivity index (χ0n) is 12.5. The van der Waals surface area contributed by atoms with E-state index in [1.807, 2.05) is 0 Å². The highest BCUT2D eigenvalue weighted by atomic mass is 32.2. The monoisotopic (exact) mass is 354 g/mol. The second-order valence-electron chi connectivity index (χ2n) is 4.91. The summed E-state index contributed by atoms with van der Waals surface area (Å²) in [5.41, 5.74) is -0.920. The number of hydrogen-bond donors (Lipinski definition) is 2. The Hall–Kier alpha value is -1.65. The van der Waals surface area contributed by atoms with Crippen molar-refractivity contribution in [3.8, 4) is 0 Å².